The molecule has 11 heavy (non-hydrogen) atoms. The van der Waals surface area contributed by atoms with E-state index in [-0.39, 0.29) is 5.92 Å². The van der Waals surface area contributed by atoms with Gasteiger partial charge in [0.25, 0.3) is 0 Å². The summed E-state index contributed by atoms with van der Waals surface area (Å²) < 4.78 is 5.94. The molecule has 5 nitrogen and oxygen atoms in total. The van der Waals surface area contributed by atoms with E-state index in [0.29, 0.717) is 12.4 Å². The zero-order valence-corrected chi connectivity index (χ0v) is 6.57. The SMILES string of the molecule is CC(CN)c1nn(C)c(=O)o1. The lowest BCUT2D eigenvalue weighted by Gasteiger charge is -1.98. The Kier molecular flexibility index (Phi) is 2.09. The molecule has 0 aliphatic heterocycles. The van der Waals surface area contributed by atoms with Crippen LogP contribution in [0.2, 0.25) is 0 Å². The summed E-state index contributed by atoms with van der Waals surface area (Å²) in [6.45, 7) is 2.28. The number of aromatic nitrogens is 2. The second-order valence-corrected chi connectivity index (χ2v) is 2.47. The summed E-state index contributed by atoms with van der Waals surface area (Å²) in [5.41, 5.74) is 5.35. The summed E-state index contributed by atoms with van der Waals surface area (Å²) in [6, 6.07) is 0. The Hall–Kier alpha value is -1.10. The molecule has 1 aromatic heterocycles. The Bertz CT molecular complexity index is 288. The van der Waals surface area contributed by atoms with Crippen LogP contribution in [0.15, 0.2) is 9.21 Å². The topological polar surface area (TPSA) is 74.0 Å². The molecule has 1 rings (SSSR count). The third-order valence-electron chi connectivity index (χ3n) is 1.48. The largest absolute Gasteiger partial charge is 0.436 e. The molecule has 0 bridgehead atoms. The number of nitrogens with two attached hydrogens (primary N) is 1. The molecule has 0 saturated carbocycles. The molecule has 2 N–H and O–H groups in total. The maximum atomic E-state index is 10.8. The molecule has 1 atom stereocenters. The molecule has 1 aromatic rings. The minimum atomic E-state index is -0.444. The van der Waals surface area contributed by atoms with Crippen molar-refractivity contribution < 1.29 is 4.42 Å². The molecule has 1 unspecified atom stereocenters. The first-order chi connectivity index (χ1) is 5.15. The van der Waals surface area contributed by atoms with Gasteiger partial charge in [-0.25, -0.2) is 4.79 Å². The normalized spacial score (nSPS) is 13.4. The van der Waals surface area contributed by atoms with Crippen LogP contribution < -0.4 is 11.5 Å². The van der Waals surface area contributed by atoms with Crippen LogP contribution in [0.3, 0.4) is 0 Å². The number of aryl methyl sites for hydroxylation is 1. The van der Waals surface area contributed by atoms with Gasteiger partial charge in [-0.05, 0) is 0 Å². The fourth-order valence-electron chi connectivity index (χ4n) is 0.665. The second-order valence-electron chi connectivity index (χ2n) is 2.47. The van der Waals surface area contributed by atoms with Gasteiger partial charge in [-0.15, -0.1) is 5.10 Å². The molecule has 1 heterocycles. The first-order valence-corrected chi connectivity index (χ1v) is 3.39. The summed E-state index contributed by atoms with van der Waals surface area (Å²) >= 11 is 0. The van der Waals surface area contributed by atoms with Gasteiger partial charge < -0.3 is 10.2 Å². The van der Waals surface area contributed by atoms with Gasteiger partial charge in [-0.1, -0.05) is 6.92 Å². The zero-order chi connectivity index (χ0) is 8.43. The fraction of sp³-hybridized carbons (Fsp3) is 0.667. The van der Waals surface area contributed by atoms with Gasteiger partial charge in [0.15, 0.2) is 0 Å². The molecule has 0 aromatic carbocycles. The van der Waals surface area contributed by atoms with E-state index in [9.17, 15) is 4.79 Å². The molecule has 0 fully saturated rings. The Labute approximate surface area is 63.8 Å². The van der Waals surface area contributed by atoms with Crippen LogP contribution in [0.25, 0.3) is 0 Å². The molecule has 0 spiro atoms. The lowest BCUT2D eigenvalue weighted by atomic mass is 10.2. The van der Waals surface area contributed by atoms with Crippen molar-refractivity contribution in [3.05, 3.63) is 16.4 Å². The monoisotopic (exact) mass is 157 g/mol. The molecular weight excluding hydrogens is 146 g/mol. The fourth-order valence-corrected chi connectivity index (χ4v) is 0.665. The Morgan fingerprint density at radius 1 is 1.82 bits per heavy atom. The van der Waals surface area contributed by atoms with E-state index in [1.54, 1.807) is 7.05 Å². The maximum absolute atomic E-state index is 10.8. The third kappa shape index (κ3) is 1.48. The Balaban J connectivity index is 2.97. The summed E-state index contributed by atoms with van der Waals surface area (Å²) in [5.74, 6) is -0.0378. The number of rotatable bonds is 2. The summed E-state index contributed by atoms with van der Waals surface area (Å²) in [7, 11) is 1.54. The predicted octanol–water partition coefficient (Wildman–Crippen LogP) is -0.565. The molecule has 0 radical (unpaired) electrons. The van der Waals surface area contributed by atoms with Gasteiger partial charge >= 0.3 is 5.76 Å². The number of hydrogen-bond acceptors (Lipinski definition) is 4. The van der Waals surface area contributed by atoms with E-state index in [1.165, 1.54) is 0 Å². The Morgan fingerprint density at radius 2 is 2.45 bits per heavy atom. The first-order valence-electron chi connectivity index (χ1n) is 3.39. The summed E-state index contributed by atoms with van der Waals surface area (Å²) in [5, 5.41) is 3.84. The van der Waals surface area contributed by atoms with E-state index in [0.717, 1.165) is 4.68 Å². The quantitative estimate of drug-likeness (QED) is 0.624. The summed E-state index contributed by atoms with van der Waals surface area (Å²) in [4.78, 5) is 10.8. The van der Waals surface area contributed by atoms with Gasteiger partial charge in [0, 0.05) is 19.5 Å². The van der Waals surface area contributed by atoms with Crippen molar-refractivity contribution in [2.75, 3.05) is 6.54 Å². The highest BCUT2D eigenvalue weighted by Gasteiger charge is 2.11. The van der Waals surface area contributed by atoms with Gasteiger partial charge in [0.2, 0.25) is 5.89 Å². The standard InChI is InChI=1S/C6H11N3O2/c1-4(3-7)5-8-9(2)6(10)11-5/h4H,3,7H2,1-2H3. The van der Waals surface area contributed by atoms with Crippen LogP contribution in [-0.4, -0.2) is 16.3 Å². The van der Waals surface area contributed by atoms with Crippen LogP contribution in [-0.2, 0) is 7.05 Å². The molecule has 0 aliphatic carbocycles. The first kappa shape index (κ1) is 8.00. The van der Waals surface area contributed by atoms with Crippen LogP contribution in [0.4, 0.5) is 0 Å². The van der Waals surface area contributed by atoms with Crippen molar-refractivity contribution in [2.45, 2.75) is 12.8 Å². The Morgan fingerprint density at radius 3 is 2.82 bits per heavy atom. The highest BCUT2D eigenvalue weighted by Crippen LogP contribution is 2.06. The lowest BCUT2D eigenvalue weighted by Crippen LogP contribution is -2.10. The minimum Gasteiger partial charge on any atom is -0.392 e. The van der Waals surface area contributed by atoms with Crippen molar-refractivity contribution in [3.63, 3.8) is 0 Å². The molecule has 5 heteroatoms. The zero-order valence-electron chi connectivity index (χ0n) is 6.57. The highest BCUT2D eigenvalue weighted by molar-refractivity contribution is 4.85. The van der Waals surface area contributed by atoms with Crippen molar-refractivity contribution in [1.29, 1.82) is 0 Å². The smallest absolute Gasteiger partial charge is 0.392 e. The molecule has 0 saturated heterocycles. The molecule has 0 amide bonds. The lowest BCUT2D eigenvalue weighted by molar-refractivity contribution is 0.430. The van der Waals surface area contributed by atoms with Crippen LogP contribution in [0.1, 0.15) is 18.7 Å². The van der Waals surface area contributed by atoms with Crippen LogP contribution in [0.5, 0.6) is 0 Å². The highest BCUT2D eigenvalue weighted by atomic mass is 16.4. The number of hydrogen-bond donors (Lipinski definition) is 1. The van der Waals surface area contributed by atoms with E-state index < -0.39 is 5.76 Å². The van der Waals surface area contributed by atoms with E-state index >= 15 is 0 Å². The third-order valence-corrected chi connectivity index (χ3v) is 1.48. The van der Waals surface area contributed by atoms with E-state index in [2.05, 4.69) is 5.10 Å². The second kappa shape index (κ2) is 2.87. The van der Waals surface area contributed by atoms with Crippen molar-refractivity contribution in [2.24, 2.45) is 12.8 Å². The molecule has 0 aliphatic rings. The number of nitrogens with zero attached hydrogens (tertiary/aromatic N) is 2. The van der Waals surface area contributed by atoms with Crippen LogP contribution >= 0.6 is 0 Å². The van der Waals surface area contributed by atoms with E-state index in [1.807, 2.05) is 6.92 Å². The average Bonchev–Trinajstić information content (AvgIpc) is 2.31. The average molecular weight is 157 g/mol. The van der Waals surface area contributed by atoms with Gasteiger partial charge in [0.1, 0.15) is 0 Å². The minimum absolute atomic E-state index is 0.00361. The van der Waals surface area contributed by atoms with Gasteiger partial charge in [-0.2, -0.15) is 4.68 Å². The van der Waals surface area contributed by atoms with Crippen molar-refractivity contribution in [1.82, 2.24) is 9.78 Å². The molecule has 62 valence electrons. The van der Waals surface area contributed by atoms with E-state index in [4.69, 9.17) is 10.2 Å². The maximum Gasteiger partial charge on any atom is 0.436 e. The van der Waals surface area contributed by atoms with Gasteiger partial charge in [0.05, 0.1) is 0 Å². The summed E-state index contributed by atoms with van der Waals surface area (Å²) in [6.07, 6.45) is 0. The van der Waals surface area contributed by atoms with Crippen molar-refractivity contribution >= 4 is 0 Å². The predicted molar refractivity (Wildman–Crippen MR) is 39.2 cm³/mol. The molecular formula is C6H11N3O2. The van der Waals surface area contributed by atoms with Crippen LogP contribution in [0, 0.1) is 0 Å². The van der Waals surface area contributed by atoms with Gasteiger partial charge in [-0.3, -0.25) is 0 Å². The van der Waals surface area contributed by atoms with Crippen molar-refractivity contribution in [3.8, 4) is 0 Å².